The molecule has 1 spiro atoms. The third-order valence-electron chi connectivity index (χ3n) is 12.9. The van der Waals surface area contributed by atoms with Crippen molar-refractivity contribution in [2.75, 3.05) is 0 Å². The van der Waals surface area contributed by atoms with Gasteiger partial charge in [-0.15, -0.1) is 0 Å². The second-order valence-electron chi connectivity index (χ2n) is 15.5. The number of hydrogen-bond donors (Lipinski definition) is 4. The van der Waals surface area contributed by atoms with Crippen LogP contribution in [0.2, 0.25) is 5.02 Å². The summed E-state index contributed by atoms with van der Waals surface area (Å²) in [7, 11) is 0. The third-order valence-corrected chi connectivity index (χ3v) is 13.1. The van der Waals surface area contributed by atoms with E-state index in [-0.39, 0.29) is 11.3 Å². The first kappa shape index (κ1) is 32.2. The molecule has 11 heteroatoms. The number of aliphatic hydroxyl groups excluding tert-OH is 1. The van der Waals surface area contributed by atoms with Gasteiger partial charge < -0.3 is 25.2 Å². The third kappa shape index (κ3) is 4.33. The topological polar surface area (TPSA) is 155 Å². The van der Waals surface area contributed by atoms with E-state index in [1.807, 2.05) is 24.3 Å². The van der Waals surface area contributed by atoms with Gasteiger partial charge in [-0.25, -0.2) is 9.67 Å². The molecule has 1 saturated heterocycles. The minimum Gasteiger partial charge on any atom is -0.481 e. The van der Waals surface area contributed by atoms with Crippen molar-refractivity contribution in [2.24, 2.45) is 34.0 Å². The zero-order chi connectivity index (χ0) is 33.8. The number of esters is 1. The van der Waals surface area contributed by atoms with Gasteiger partial charge in [0.15, 0.2) is 0 Å². The van der Waals surface area contributed by atoms with E-state index in [2.05, 4.69) is 36.6 Å². The standard InChI is InChI=1S/C19H22O6.C17H20ClN3O/c1-9-7-17-8-18(9,24)5-3-10(17)19-6-4-11(20)16(2,15(23)25-19)13(19)12(17)14(21)22;1-16(2)8-7-14(9-13-3-5-15(18)6-4-13)17(16,22)10-21-12-19-11-20-21/h4,6,10-13,20,24H,1,3,5,7-8H2,2H3,(H,21,22);3-6,9,11-12,22H,7-8,10H2,1-2H3/b;14-9+/t10-,11+,12-,13-,16+,17+,18+,19-;/m1./s1. The Labute approximate surface area is 278 Å². The number of ether oxygens (including phenoxy) is 1. The molecule has 5 aliphatic carbocycles. The number of aromatic nitrogens is 3. The first-order chi connectivity index (χ1) is 22.0. The maximum absolute atomic E-state index is 12.7. The van der Waals surface area contributed by atoms with Crippen LogP contribution in [0.15, 0.2) is 66.8 Å². The van der Waals surface area contributed by atoms with Crippen LogP contribution in [0.1, 0.15) is 64.9 Å². The highest BCUT2D eigenvalue weighted by atomic mass is 35.5. The number of nitrogens with zero attached hydrogens (tertiary/aromatic N) is 3. The van der Waals surface area contributed by atoms with Crippen molar-refractivity contribution in [3.05, 3.63) is 77.4 Å². The number of aliphatic hydroxyl groups is 3. The lowest BCUT2D eigenvalue weighted by atomic mass is 9.61. The second-order valence-corrected chi connectivity index (χ2v) is 15.9. The summed E-state index contributed by atoms with van der Waals surface area (Å²) in [5.41, 5.74) is -2.35. The Bertz CT molecular complexity index is 1700. The van der Waals surface area contributed by atoms with Crippen LogP contribution in [0.4, 0.5) is 0 Å². The molecule has 6 aliphatic rings. The molecule has 47 heavy (non-hydrogen) atoms. The predicted octanol–water partition coefficient (Wildman–Crippen LogP) is 4.59. The van der Waals surface area contributed by atoms with E-state index in [1.165, 1.54) is 6.33 Å². The van der Waals surface area contributed by atoms with Crippen molar-refractivity contribution in [1.82, 2.24) is 14.8 Å². The highest BCUT2D eigenvalue weighted by molar-refractivity contribution is 6.30. The van der Waals surface area contributed by atoms with Gasteiger partial charge in [0.2, 0.25) is 0 Å². The summed E-state index contributed by atoms with van der Waals surface area (Å²) >= 11 is 5.94. The van der Waals surface area contributed by atoms with E-state index in [9.17, 15) is 30.0 Å². The van der Waals surface area contributed by atoms with Crippen molar-refractivity contribution in [3.8, 4) is 0 Å². The Morgan fingerprint density at radius 3 is 2.57 bits per heavy atom. The second kappa shape index (κ2) is 10.3. The molecule has 2 heterocycles. The molecule has 8 rings (SSSR count). The van der Waals surface area contributed by atoms with Crippen LogP contribution in [0.5, 0.6) is 0 Å². The lowest BCUT2D eigenvalue weighted by Gasteiger charge is -2.44. The molecule has 4 saturated carbocycles. The van der Waals surface area contributed by atoms with Gasteiger partial charge in [-0.2, -0.15) is 5.10 Å². The fraction of sp³-hybridized carbons (Fsp3) is 0.556. The zero-order valence-electron chi connectivity index (χ0n) is 26.9. The average molecular weight is 664 g/mol. The van der Waals surface area contributed by atoms with Gasteiger partial charge in [0.05, 0.1) is 24.2 Å². The molecule has 1 aromatic heterocycles. The fourth-order valence-electron chi connectivity index (χ4n) is 10.2. The van der Waals surface area contributed by atoms with Gasteiger partial charge in [-0.1, -0.05) is 56.3 Å². The SMILES string of the molecule is C=C1C[C@]23C[C@@]1(O)CC[C@H]2[C@@]12C=C[C@H](O)[C@](C)(C(=O)O1)[C@H]2[C@@H]3C(=O)O.CC1(C)CC/C(=C\c2ccc(Cl)cc2)C1(O)Cn1cncn1. The van der Waals surface area contributed by atoms with E-state index in [0.717, 1.165) is 24.0 Å². The van der Waals surface area contributed by atoms with Crippen molar-refractivity contribution in [2.45, 2.75) is 88.7 Å². The van der Waals surface area contributed by atoms with E-state index < -0.39 is 57.5 Å². The summed E-state index contributed by atoms with van der Waals surface area (Å²) in [5, 5.41) is 47.8. The van der Waals surface area contributed by atoms with Crippen molar-refractivity contribution < 1.29 is 34.8 Å². The largest absolute Gasteiger partial charge is 0.481 e. The number of aliphatic carboxylic acids is 1. The van der Waals surface area contributed by atoms with Gasteiger partial charge in [0, 0.05) is 16.9 Å². The Morgan fingerprint density at radius 1 is 1.19 bits per heavy atom. The molecule has 1 unspecified atom stereocenters. The van der Waals surface area contributed by atoms with E-state index in [0.29, 0.717) is 42.8 Å². The summed E-state index contributed by atoms with van der Waals surface area (Å²) in [6.45, 7) is 10.3. The molecule has 1 aliphatic heterocycles. The first-order valence-electron chi connectivity index (χ1n) is 16.3. The van der Waals surface area contributed by atoms with E-state index in [1.54, 1.807) is 30.1 Å². The quantitative estimate of drug-likeness (QED) is 0.271. The Morgan fingerprint density at radius 2 is 1.91 bits per heavy atom. The number of carbonyl (C=O) groups excluding carboxylic acids is 1. The summed E-state index contributed by atoms with van der Waals surface area (Å²) in [5.74, 6) is -3.18. The first-order valence-corrected chi connectivity index (χ1v) is 16.7. The lowest BCUT2D eigenvalue weighted by molar-refractivity contribution is -0.163. The summed E-state index contributed by atoms with van der Waals surface area (Å²) in [4.78, 5) is 29.0. The Kier molecular flexibility index (Phi) is 7.10. The molecule has 0 amide bonds. The van der Waals surface area contributed by atoms with Crippen molar-refractivity contribution in [1.29, 1.82) is 0 Å². The van der Waals surface area contributed by atoms with Gasteiger partial charge >= 0.3 is 11.9 Å². The van der Waals surface area contributed by atoms with Crippen LogP contribution in [-0.4, -0.2) is 70.0 Å². The lowest BCUT2D eigenvalue weighted by Crippen LogP contribution is -2.50. The molecule has 4 N–H and O–H groups in total. The smallest absolute Gasteiger partial charge is 0.316 e. The van der Waals surface area contributed by atoms with Gasteiger partial charge in [0.25, 0.3) is 0 Å². The molecule has 10 nitrogen and oxygen atoms in total. The highest BCUT2D eigenvalue weighted by Gasteiger charge is 2.83. The van der Waals surface area contributed by atoms with E-state index >= 15 is 0 Å². The van der Waals surface area contributed by atoms with Crippen LogP contribution in [0.3, 0.4) is 0 Å². The van der Waals surface area contributed by atoms with E-state index in [4.69, 9.17) is 16.3 Å². The minimum atomic E-state index is -1.27. The number of halogens is 1. The average Bonchev–Trinajstić information content (AvgIpc) is 3.73. The molecule has 4 bridgehead atoms. The summed E-state index contributed by atoms with van der Waals surface area (Å²) in [6, 6.07) is 7.67. The normalized spacial score (nSPS) is 42.9. The summed E-state index contributed by atoms with van der Waals surface area (Å²) in [6.07, 6.45) is 11.1. The number of rotatable bonds is 4. The number of benzene rings is 1. The Hall–Kier alpha value is -3.31. The monoisotopic (exact) mass is 663 g/mol. The van der Waals surface area contributed by atoms with Crippen LogP contribution in [0, 0.1) is 34.0 Å². The molecule has 250 valence electrons. The van der Waals surface area contributed by atoms with Gasteiger partial charge in [-0.3, -0.25) is 9.59 Å². The predicted molar refractivity (Wildman–Crippen MR) is 173 cm³/mol. The van der Waals surface area contributed by atoms with Crippen LogP contribution < -0.4 is 0 Å². The molecular weight excluding hydrogens is 622 g/mol. The molecule has 5 fully saturated rings. The molecule has 0 radical (unpaired) electrons. The number of carbonyl (C=O) groups is 2. The molecule has 2 aromatic rings. The number of fused-ring (bicyclic) bond motifs is 1. The number of carboxylic acids is 1. The number of carboxylic acid groups (broad SMARTS) is 1. The molecule has 1 aromatic carbocycles. The summed E-state index contributed by atoms with van der Waals surface area (Å²) < 4.78 is 7.57. The van der Waals surface area contributed by atoms with Crippen LogP contribution >= 0.6 is 11.6 Å². The maximum Gasteiger partial charge on any atom is 0.316 e. The Balaban J connectivity index is 0.000000151. The fourth-order valence-corrected chi connectivity index (χ4v) is 10.4. The highest BCUT2D eigenvalue weighted by Crippen LogP contribution is 2.77. The van der Waals surface area contributed by atoms with Crippen LogP contribution in [0.25, 0.3) is 6.08 Å². The maximum atomic E-state index is 12.7. The molecular formula is C36H42ClN3O7. The minimum absolute atomic E-state index is 0.180. The van der Waals surface area contributed by atoms with Gasteiger partial charge in [-0.05, 0) is 91.2 Å². The van der Waals surface area contributed by atoms with Crippen molar-refractivity contribution >= 4 is 29.6 Å². The van der Waals surface area contributed by atoms with Gasteiger partial charge in [0.1, 0.15) is 29.3 Å². The molecule has 9 atom stereocenters. The zero-order valence-corrected chi connectivity index (χ0v) is 27.7. The number of hydrogen-bond acceptors (Lipinski definition) is 8. The van der Waals surface area contributed by atoms with Crippen molar-refractivity contribution in [3.63, 3.8) is 0 Å². The van der Waals surface area contributed by atoms with Crippen LogP contribution in [-0.2, 0) is 20.9 Å².